The van der Waals surface area contributed by atoms with E-state index in [9.17, 15) is 0 Å². The summed E-state index contributed by atoms with van der Waals surface area (Å²) >= 11 is 0. The van der Waals surface area contributed by atoms with Crippen LogP contribution >= 0.6 is 0 Å². The molecular formula is C10H15NO2. The monoisotopic (exact) mass is 181 g/mol. The molecule has 0 saturated carbocycles. The molecule has 1 aromatic rings. The molecule has 0 unspecified atom stereocenters. The second-order valence-corrected chi connectivity index (χ2v) is 2.82. The Kier molecular flexibility index (Phi) is 4.46. The maximum Gasteiger partial charge on any atom is 0.0719 e. The van der Waals surface area contributed by atoms with Crippen molar-refractivity contribution in [1.82, 2.24) is 0 Å². The van der Waals surface area contributed by atoms with Crippen LogP contribution in [0.2, 0.25) is 0 Å². The summed E-state index contributed by atoms with van der Waals surface area (Å²) in [7, 11) is 1.69. The molecule has 0 aliphatic carbocycles. The van der Waals surface area contributed by atoms with Gasteiger partial charge in [0.15, 0.2) is 0 Å². The van der Waals surface area contributed by atoms with Crippen molar-refractivity contribution in [3.63, 3.8) is 0 Å². The highest BCUT2D eigenvalue weighted by atomic mass is 16.6. The highest BCUT2D eigenvalue weighted by molar-refractivity contribution is 5.26. The van der Waals surface area contributed by atoms with Crippen LogP contribution in [0, 0.1) is 0 Å². The predicted molar refractivity (Wildman–Crippen MR) is 51.0 cm³/mol. The number of nitrogens with two attached hydrogens (primary N) is 1. The molecule has 1 aromatic carbocycles. The molecule has 0 heterocycles. The van der Waals surface area contributed by atoms with E-state index in [0.717, 1.165) is 6.42 Å². The molecular weight excluding hydrogens is 166 g/mol. The fourth-order valence-electron chi connectivity index (χ4n) is 1.27. The van der Waals surface area contributed by atoms with Gasteiger partial charge in [0.05, 0.1) is 13.2 Å². The maximum absolute atomic E-state index is 5.08. The fourth-order valence-corrected chi connectivity index (χ4v) is 1.27. The third-order valence-electron chi connectivity index (χ3n) is 1.91. The van der Waals surface area contributed by atoms with Crippen molar-refractivity contribution in [2.24, 2.45) is 5.90 Å². The van der Waals surface area contributed by atoms with Gasteiger partial charge in [0.25, 0.3) is 0 Å². The molecule has 0 bridgehead atoms. The summed E-state index contributed by atoms with van der Waals surface area (Å²) in [5.41, 5.74) is 2.43. The molecule has 3 heteroatoms. The third kappa shape index (κ3) is 3.14. The number of hydrogen-bond acceptors (Lipinski definition) is 3. The third-order valence-corrected chi connectivity index (χ3v) is 1.91. The van der Waals surface area contributed by atoms with Gasteiger partial charge in [-0.05, 0) is 17.5 Å². The number of methoxy groups -OCH3 is 1. The predicted octanol–water partition coefficient (Wildman–Crippen LogP) is 1.27. The summed E-state index contributed by atoms with van der Waals surface area (Å²) in [6, 6.07) is 8.12. The first-order chi connectivity index (χ1) is 6.38. The lowest BCUT2D eigenvalue weighted by Crippen LogP contribution is -2.05. The van der Waals surface area contributed by atoms with Crippen molar-refractivity contribution < 1.29 is 9.57 Å². The second kappa shape index (κ2) is 5.70. The molecule has 0 atom stereocenters. The van der Waals surface area contributed by atoms with Gasteiger partial charge in [-0.15, -0.1) is 0 Å². The van der Waals surface area contributed by atoms with Gasteiger partial charge in [-0.3, -0.25) is 0 Å². The van der Waals surface area contributed by atoms with E-state index in [1.807, 2.05) is 12.1 Å². The SMILES string of the molecule is COCc1ccccc1CCON. The minimum Gasteiger partial charge on any atom is -0.380 e. The molecule has 0 amide bonds. The zero-order valence-corrected chi connectivity index (χ0v) is 7.82. The average molecular weight is 181 g/mol. The van der Waals surface area contributed by atoms with Gasteiger partial charge in [-0.25, -0.2) is 5.90 Å². The Balaban J connectivity index is 2.66. The molecule has 0 fully saturated rings. The molecule has 0 saturated heterocycles. The molecule has 72 valence electrons. The Morgan fingerprint density at radius 1 is 1.23 bits per heavy atom. The Morgan fingerprint density at radius 2 is 1.92 bits per heavy atom. The van der Waals surface area contributed by atoms with Gasteiger partial charge in [0.1, 0.15) is 0 Å². The van der Waals surface area contributed by atoms with E-state index in [4.69, 9.17) is 10.6 Å². The Labute approximate surface area is 78.4 Å². The Bertz CT molecular complexity index is 250. The lowest BCUT2D eigenvalue weighted by Gasteiger charge is -2.07. The molecule has 2 N–H and O–H groups in total. The second-order valence-electron chi connectivity index (χ2n) is 2.82. The molecule has 3 nitrogen and oxygen atoms in total. The molecule has 0 aliphatic rings. The smallest absolute Gasteiger partial charge is 0.0719 e. The molecule has 0 spiro atoms. The molecule has 0 aromatic heterocycles. The van der Waals surface area contributed by atoms with Crippen LogP contribution in [0.15, 0.2) is 24.3 Å². The summed E-state index contributed by atoms with van der Waals surface area (Å²) in [5, 5.41) is 0. The normalized spacial score (nSPS) is 10.3. The van der Waals surface area contributed by atoms with Crippen LogP contribution in [-0.2, 0) is 22.6 Å². The highest BCUT2D eigenvalue weighted by Crippen LogP contribution is 2.10. The molecule has 0 radical (unpaired) electrons. The maximum atomic E-state index is 5.08. The lowest BCUT2D eigenvalue weighted by molar-refractivity contribution is 0.140. The van der Waals surface area contributed by atoms with Gasteiger partial charge < -0.3 is 9.57 Å². The van der Waals surface area contributed by atoms with E-state index < -0.39 is 0 Å². The fraction of sp³-hybridized carbons (Fsp3) is 0.400. The number of hydrogen-bond donors (Lipinski definition) is 1. The first-order valence-corrected chi connectivity index (χ1v) is 4.26. The summed E-state index contributed by atoms with van der Waals surface area (Å²) in [4.78, 5) is 4.54. The van der Waals surface area contributed by atoms with E-state index in [-0.39, 0.29) is 0 Å². The Hall–Kier alpha value is -0.900. The van der Waals surface area contributed by atoms with Crippen LogP contribution < -0.4 is 5.90 Å². The van der Waals surface area contributed by atoms with Crippen molar-refractivity contribution >= 4 is 0 Å². The van der Waals surface area contributed by atoms with Crippen LogP contribution in [0.5, 0.6) is 0 Å². The summed E-state index contributed by atoms with van der Waals surface area (Å²) in [6.07, 6.45) is 0.829. The lowest BCUT2D eigenvalue weighted by atomic mass is 10.1. The van der Waals surface area contributed by atoms with Gasteiger partial charge in [-0.2, -0.15) is 0 Å². The minimum absolute atomic E-state index is 0.542. The summed E-state index contributed by atoms with van der Waals surface area (Å²) < 4.78 is 5.08. The van der Waals surface area contributed by atoms with E-state index in [0.29, 0.717) is 13.2 Å². The van der Waals surface area contributed by atoms with Crippen molar-refractivity contribution in [3.8, 4) is 0 Å². The van der Waals surface area contributed by atoms with Gasteiger partial charge in [0, 0.05) is 7.11 Å². The highest BCUT2D eigenvalue weighted by Gasteiger charge is 2.00. The quantitative estimate of drug-likeness (QED) is 0.696. The van der Waals surface area contributed by atoms with Crippen LogP contribution in [-0.4, -0.2) is 13.7 Å². The first kappa shape index (κ1) is 10.2. The number of ether oxygens (including phenoxy) is 1. The van der Waals surface area contributed by atoms with Gasteiger partial charge in [0.2, 0.25) is 0 Å². The van der Waals surface area contributed by atoms with Crippen LogP contribution in [0.4, 0.5) is 0 Å². The molecule has 1 rings (SSSR count). The van der Waals surface area contributed by atoms with E-state index >= 15 is 0 Å². The average Bonchev–Trinajstić information content (AvgIpc) is 2.17. The molecule has 0 aliphatic heterocycles. The van der Waals surface area contributed by atoms with Crippen LogP contribution in [0.25, 0.3) is 0 Å². The largest absolute Gasteiger partial charge is 0.380 e. The van der Waals surface area contributed by atoms with Crippen molar-refractivity contribution in [3.05, 3.63) is 35.4 Å². The zero-order valence-electron chi connectivity index (χ0n) is 7.82. The minimum atomic E-state index is 0.542. The summed E-state index contributed by atoms with van der Waals surface area (Å²) in [6.45, 7) is 1.18. The van der Waals surface area contributed by atoms with Crippen molar-refractivity contribution in [1.29, 1.82) is 0 Å². The number of rotatable bonds is 5. The first-order valence-electron chi connectivity index (χ1n) is 4.26. The van der Waals surface area contributed by atoms with Crippen molar-refractivity contribution in [2.45, 2.75) is 13.0 Å². The van der Waals surface area contributed by atoms with Crippen LogP contribution in [0.1, 0.15) is 11.1 Å². The van der Waals surface area contributed by atoms with E-state index in [1.165, 1.54) is 11.1 Å². The standard InChI is InChI=1S/C10H15NO2/c1-12-8-10-5-3-2-4-9(10)6-7-13-11/h2-5H,6-8,11H2,1H3. The summed E-state index contributed by atoms with van der Waals surface area (Å²) in [5.74, 6) is 4.97. The van der Waals surface area contributed by atoms with Gasteiger partial charge in [-0.1, -0.05) is 24.3 Å². The van der Waals surface area contributed by atoms with Gasteiger partial charge >= 0.3 is 0 Å². The van der Waals surface area contributed by atoms with E-state index in [1.54, 1.807) is 7.11 Å². The topological polar surface area (TPSA) is 44.5 Å². The zero-order chi connectivity index (χ0) is 9.52. The van der Waals surface area contributed by atoms with Crippen LogP contribution in [0.3, 0.4) is 0 Å². The molecule has 13 heavy (non-hydrogen) atoms. The number of benzene rings is 1. The Morgan fingerprint density at radius 3 is 2.54 bits per heavy atom. The van der Waals surface area contributed by atoms with E-state index in [2.05, 4.69) is 17.0 Å². The van der Waals surface area contributed by atoms with Crippen molar-refractivity contribution in [2.75, 3.05) is 13.7 Å².